The van der Waals surface area contributed by atoms with Crippen molar-refractivity contribution >= 4 is 23.2 Å². The fourth-order valence-corrected chi connectivity index (χ4v) is 2.09. The number of carbonyl (C=O) groups excluding carboxylic acids is 1. The lowest BCUT2D eigenvalue weighted by Crippen LogP contribution is -2.19. The molecular weight excluding hydrogens is 238 g/mol. The van der Waals surface area contributed by atoms with E-state index in [4.69, 9.17) is 16.3 Å². The summed E-state index contributed by atoms with van der Waals surface area (Å²) in [7, 11) is 0. The number of benzene rings is 1. The topological polar surface area (TPSA) is 38.3 Å². The summed E-state index contributed by atoms with van der Waals surface area (Å²) in [5.41, 5.74) is 1.99. The van der Waals surface area contributed by atoms with E-state index in [1.807, 2.05) is 18.2 Å². The second-order valence-electron chi connectivity index (χ2n) is 4.07. The number of alkyl halides is 1. The highest BCUT2D eigenvalue weighted by molar-refractivity contribution is 6.17. The molecule has 92 valence electrons. The molecule has 1 aromatic rings. The Morgan fingerprint density at radius 1 is 1.29 bits per heavy atom. The zero-order valence-electron chi connectivity index (χ0n) is 9.67. The minimum absolute atomic E-state index is 0.0804. The first-order valence-electron chi connectivity index (χ1n) is 5.92. The number of halogens is 1. The van der Waals surface area contributed by atoms with E-state index >= 15 is 0 Å². The number of amides is 1. The van der Waals surface area contributed by atoms with Crippen LogP contribution in [0, 0.1) is 0 Å². The second kappa shape index (κ2) is 5.92. The van der Waals surface area contributed by atoms with Crippen molar-refractivity contribution in [3.8, 4) is 5.75 Å². The zero-order chi connectivity index (χ0) is 12.1. The van der Waals surface area contributed by atoms with Crippen LogP contribution in [0.15, 0.2) is 18.2 Å². The Bertz CT molecular complexity index is 406. The maximum atomic E-state index is 11.3. The van der Waals surface area contributed by atoms with Crippen LogP contribution in [0.3, 0.4) is 0 Å². The number of carbonyl (C=O) groups is 1. The number of rotatable bonds is 5. The minimum atomic E-state index is 0.0804. The average molecular weight is 254 g/mol. The van der Waals surface area contributed by atoms with Gasteiger partial charge in [0.25, 0.3) is 0 Å². The van der Waals surface area contributed by atoms with Crippen LogP contribution < -0.4 is 10.1 Å². The number of hydrogen-bond donors (Lipinski definition) is 1. The predicted molar refractivity (Wildman–Crippen MR) is 68.8 cm³/mol. The third kappa shape index (κ3) is 3.13. The summed E-state index contributed by atoms with van der Waals surface area (Å²) < 4.78 is 5.73. The van der Waals surface area contributed by atoms with E-state index in [-0.39, 0.29) is 5.91 Å². The quantitative estimate of drug-likeness (QED) is 0.647. The summed E-state index contributed by atoms with van der Waals surface area (Å²) in [6.07, 6.45) is 3.22. The summed E-state index contributed by atoms with van der Waals surface area (Å²) >= 11 is 5.61. The highest BCUT2D eigenvalue weighted by Crippen LogP contribution is 2.31. The Morgan fingerprint density at radius 2 is 2.18 bits per heavy atom. The van der Waals surface area contributed by atoms with Crippen LogP contribution in [-0.2, 0) is 11.2 Å². The van der Waals surface area contributed by atoms with Crippen molar-refractivity contribution in [3.63, 3.8) is 0 Å². The molecule has 1 aromatic carbocycles. The van der Waals surface area contributed by atoms with Crippen LogP contribution in [0.5, 0.6) is 5.75 Å². The Labute approximate surface area is 106 Å². The van der Waals surface area contributed by atoms with Gasteiger partial charge in [-0.2, -0.15) is 0 Å². The number of ether oxygens (including phenoxy) is 1. The number of unbranched alkanes of at least 4 members (excludes halogenated alkanes) is 1. The smallest absolute Gasteiger partial charge is 0.224 e. The molecule has 0 saturated heterocycles. The molecule has 2 rings (SSSR count). The van der Waals surface area contributed by atoms with Crippen molar-refractivity contribution in [1.29, 1.82) is 0 Å². The maximum Gasteiger partial charge on any atom is 0.224 e. The predicted octanol–water partition coefficient (Wildman–Crippen LogP) is 2.97. The molecule has 0 spiro atoms. The van der Waals surface area contributed by atoms with Gasteiger partial charge in [-0.3, -0.25) is 4.79 Å². The third-order valence-corrected chi connectivity index (χ3v) is 3.06. The van der Waals surface area contributed by atoms with Crippen molar-refractivity contribution in [3.05, 3.63) is 23.8 Å². The third-order valence-electron chi connectivity index (χ3n) is 2.79. The van der Waals surface area contributed by atoms with E-state index in [1.54, 1.807) is 0 Å². The molecule has 1 amide bonds. The molecule has 3 nitrogen and oxygen atoms in total. The van der Waals surface area contributed by atoms with Crippen molar-refractivity contribution < 1.29 is 9.53 Å². The van der Waals surface area contributed by atoms with Crippen molar-refractivity contribution in [2.75, 3.05) is 17.8 Å². The largest absolute Gasteiger partial charge is 0.493 e. The van der Waals surface area contributed by atoms with Gasteiger partial charge in [-0.25, -0.2) is 0 Å². The monoisotopic (exact) mass is 253 g/mol. The highest BCUT2D eigenvalue weighted by atomic mass is 35.5. The normalized spacial score (nSPS) is 14.1. The SMILES string of the molecule is O=C1CCc2c(cccc2OCCCCCl)N1. The molecule has 0 saturated carbocycles. The molecule has 0 unspecified atom stereocenters. The number of anilines is 1. The molecule has 0 radical (unpaired) electrons. The minimum Gasteiger partial charge on any atom is -0.493 e. The summed E-state index contributed by atoms with van der Waals surface area (Å²) in [6, 6.07) is 5.77. The molecule has 0 fully saturated rings. The summed E-state index contributed by atoms with van der Waals surface area (Å²) in [5.74, 6) is 1.64. The van der Waals surface area contributed by atoms with Crippen molar-refractivity contribution in [2.24, 2.45) is 0 Å². The van der Waals surface area contributed by atoms with Gasteiger partial charge in [0.2, 0.25) is 5.91 Å². The van der Waals surface area contributed by atoms with Crippen LogP contribution in [0.1, 0.15) is 24.8 Å². The van der Waals surface area contributed by atoms with Gasteiger partial charge >= 0.3 is 0 Å². The van der Waals surface area contributed by atoms with Gasteiger partial charge in [0.05, 0.1) is 6.61 Å². The van der Waals surface area contributed by atoms with Gasteiger partial charge in [-0.05, 0) is 31.4 Å². The van der Waals surface area contributed by atoms with Crippen LogP contribution >= 0.6 is 11.6 Å². The molecule has 1 heterocycles. The fraction of sp³-hybridized carbons (Fsp3) is 0.462. The maximum absolute atomic E-state index is 11.3. The molecule has 1 aliphatic rings. The number of fused-ring (bicyclic) bond motifs is 1. The van der Waals surface area contributed by atoms with Gasteiger partial charge < -0.3 is 10.1 Å². The van der Waals surface area contributed by atoms with E-state index < -0.39 is 0 Å². The molecule has 1 aliphatic heterocycles. The number of nitrogens with one attached hydrogen (secondary N) is 1. The lowest BCUT2D eigenvalue weighted by atomic mass is 10.0. The second-order valence-corrected chi connectivity index (χ2v) is 4.45. The highest BCUT2D eigenvalue weighted by Gasteiger charge is 2.17. The lowest BCUT2D eigenvalue weighted by Gasteiger charge is -2.19. The molecule has 4 heteroatoms. The van der Waals surface area contributed by atoms with Crippen molar-refractivity contribution in [1.82, 2.24) is 0 Å². The standard InChI is InChI=1S/C13H16ClNO2/c14-8-1-2-9-17-12-5-3-4-11-10(12)6-7-13(16)15-11/h3-5H,1-2,6-9H2,(H,15,16). The Kier molecular flexibility index (Phi) is 4.26. The average Bonchev–Trinajstić information content (AvgIpc) is 2.34. The first-order valence-corrected chi connectivity index (χ1v) is 6.45. The Morgan fingerprint density at radius 3 is 3.00 bits per heavy atom. The molecule has 1 N–H and O–H groups in total. The molecule has 0 aromatic heterocycles. The van der Waals surface area contributed by atoms with Gasteiger partial charge in [0, 0.05) is 23.6 Å². The summed E-state index contributed by atoms with van der Waals surface area (Å²) in [6.45, 7) is 0.678. The van der Waals surface area contributed by atoms with E-state index in [1.165, 1.54) is 0 Å². The van der Waals surface area contributed by atoms with Crippen LogP contribution in [0.2, 0.25) is 0 Å². The first kappa shape index (κ1) is 12.2. The first-order chi connectivity index (χ1) is 8.31. The van der Waals surface area contributed by atoms with E-state index in [9.17, 15) is 4.79 Å². The number of hydrogen-bond acceptors (Lipinski definition) is 2. The molecule has 17 heavy (non-hydrogen) atoms. The van der Waals surface area contributed by atoms with E-state index in [0.29, 0.717) is 18.9 Å². The van der Waals surface area contributed by atoms with Crippen LogP contribution in [-0.4, -0.2) is 18.4 Å². The van der Waals surface area contributed by atoms with Gasteiger partial charge in [-0.15, -0.1) is 11.6 Å². The zero-order valence-corrected chi connectivity index (χ0v) is 10.4. The van der Waals surface area contributed by atoms with E-state index in [2.05, 4.69) is 5.32 Å². The molecular formula is C13H16ClNO2. The van der Waals surface area contributed by atoms with E-state index in [0.717, 1.165) is 36.3 Å². The molecule has 0 bridgehead atoms. The van der Waals surface area contributed by atoms with Gasteiger partial charge in [0.15, 0.2) is 0 Å². The van der Waals surface area contributed by atoms with Crippen molar-refractivity contribution in [2.45, 2.75) is 25.7 Å². The van der Waals surface area contributed by atoms with Crippen LogP contribution in [0.4, 0.5) is 5.69 Å². The van der Waals surface area contributed by atoms with Crippen LogP contribution in [0.25, 0.3) is 0 Å². The molecule has 0 atom stereocenters. The van der Waals surface area contributed by atoms with Gasteiger partial charge in [-0.1, -0.05) is 6.07 Å². The summed E-state index contributed by atoms with van der Waals surface area (Å²) in [5, 5.41) is 2.86. The Hall–Kier alpha value is -1.22. The lowest BCUT2D eigenvalue weighted by molar-refractivity contribution is -0.116. The fourth-order valence-electron chi connectivity index (χ4n) is 1.91. The Balaban J connectivity index is 2.02. The molecule has 0 aliphatic carbocycles. The van der Waals surface area contributed by atoms with Gasteiger partial charge in [0.1, 0.15) is 5.75 Å². The summed E-state index contributed by atoms with van der Waals surface area (Å²) in [4.78, 5) is 11.3.